The van der Waals surface area contributed by atoms with Crippen molar-refractivity contribution in [2.45, 2.75) is 33.1 Å². The maximum absolute atomic E-state index is 10.7. The van der Waals surface area contributed by atoms with E-state index in [-0.39, 0.29) is 5.78 Å². The van der Waals surface area contributed by atoms with E-state index in [0.29, 0.717) is 12.3 Å². The third-order valence-corrected chi connectivity index (χ3v) is 1.34. The smallest absolute Gasteiger partial charge is 0.138 e. The molecule has 64 valence electrons. The summed E-state index contributed by atoms with van der Waals surface area (Å²) in [4.78, 5) is 20.7. The molecule has 0 aromatic carbocycles. The van der Waals surface area contributed by atoms with Crippen LogP contribution in [0.25, 0.3) is 0 Å². The summed E-state index contributed by atoms with van der Waals surface area (Å²) in [6, 6.07) is 0. The number of ketones is 1. The van der Waals surface area contributed by atoms with Crippen molar-refractivity contribution in [3.05, 3.63) is 0 Å². The van der Waals surface area contributed by atoms with Crippen molar-refractivity contribution >= 4 is 11.8 Å². The Morgan fingerprint density at radius 1 is 1.36 bits per heavy atom. The maximum atomic E-state index is 10.7. The Morgan fingerprint density at radius 2 is 1.91 bits per heavy atom. The molecule has 0 bridgehead atoms. The number of carboxylic acid groups (broad SMARTS) is 1. The Hall–Kier alpha value is -0.860. The number of carbonyl (C=O) groups excluding carboxylic acids is 2. The van der Waals surface area contributed by atoms with Crippen LogP contribution in [0.2, 0.25) is 0 Å². The average molecular weight is 157 g/mol. The van der Waals surface area contributed by atoms with E-state index in [0.717, 1.165) is 6.42 Å². The van der Waals surface area contributed by atoms with Crippen LogP contribution >= 0.6 is 0 Å². The quantitative estimate of drug-likeness (QED) is 0.533. The summed E-state index contributed by atoms with van der Waals surface area (Å²) in [5.41, 5.74) is 0. The van der Waals surface area contributed by atoms with Crippen LogP contribution < -0.4 is 5.11 Å². The molecule has 0 radical (unpaired) electrons. The van der Waals surface area contributed by atoms with E-state index < -0.39 is 12.4 Å². The third kappa shape index (κ3) is 7.03. The van der Waals surface area contributed by atoms with Gasteiger partial charge in [-0.1, -0.05) is 13.8 Å². The van der Waals surface area contributed by atoms with Gasteiger partial charge < -0.3 is 9.90 Å². The van der Waals surface area contributed by atoms with Gasteiger partial charge in [-0.3, -0.25) is 4.79 Å². The Labute approximate surface area is 66.4 Å². The van der Waals surface area contributed by atoms with Gasteiger partial charge in [-0.25, -0.2) is 0 Å². The minimum Gasteiger partial charge on any atom is -0.550 e. The number of carbonyl (C=O) groups is 2. The molecule has 0 unspecified atom stereocenters. The highest BCUT2D eigenvalue weighted by molar-refractivity contribution is 5.93. The maximum Gasteiger partial charge on any atom is 0.138 e. The molecule has 0 rings (SSSR count). The first-order valence-electron chi connectivity index (χ1n) is 3.74. The van der Waals surface area contributed by atoms with Gasteiger partial charge in [0.15, 0.2) is 0 Å². The minimum atomic E-state index is -1.28. The largest absolute Gasteiger partial charge is 0.550 e. The molecular weight excluding hydrogens is 144 g/mol. The Morgan fingerprint density at radius 3 is 2.27 bits per heavy atom. The van der Waals surface area contributed by atoms with E-state index in [9.17, 15) is 14.7 Å². The second kappa shape index (κ2) is 4.88. The highest BCUT2D eigenvalue weighted by Gasteiger charge is 2.03. The summed E-state index contributed by atoms with van der Waals surface area (Å²) in [6.07, 6.45) is 0.671. The summed E-state index contributed by atoms with van der Waals surface area (Å²) >= 11 is 0. The number of rotatable bonds is 5. The molecule has 0 aliphatic rings. The lowest BCUT2D eigenvalue weighted by atomic mass is 10.0. The molecule has 0 spiro atoms. The van der Waals surface area contributed by atoms with Gasteiger partial charge in [0, 0.05) is 18.8 Å². The number of carboxylic acids is 1. The molecule has 0 aliphatic carbocycles. The second-order valence-corrected chi connectivity index (χ2v) is 3.02. The molecule has 11 heavy (non-hydrogen) atoms. The van der Waals surface area contributed by atoms with Crippen molar-refractivity contribution in [1.82, 2.24) is 0 Å². The van der Waals surface area contributed by atoms with Crippen LogP contribution in [0.5, 0.6) is 0 Å². The number of aliphatic carboxylic acids is 1. The molecule has 0 aromatic rings. The van der Waals surface area contributed by atoms with Crippen LogP contribution in [0, 0.1) is 5.92 Å². The summed E-state index contributed by atoms with van der Waals surface area (Å²) in [5, 5.41) is 9.92. The zero-order valence-corrected chi connectivity index (χ0v) is 6.92. The average Bonchev–Trinajstić information content (AvgIpc) is 1.82. The zero-order chi connectivity index (χ0) is 8.85. The van der Waals surface area contributed by atoms with E-state index >= 15 is 0 Å². The summed E-state index contributed by atoms with van der Waals surface area (Å²) in [6.45, 7) is 3.98. The van der Waals surface area contributed by atoms with Crippen LogP contribution in [0.15, 0.2) is 0 Å². The normalized spacial score (nSPS) is 10.1. The van der Waals surface area contributed by atoms with Crippen LogP contribution in [0.3, 0.4) is 0 Å². The SMILES string of the molecule is CC(C)CCC(=O)CC(=O)[O-]. The predicted molar refractivity (Wildman–Crippen MR) is 38.7 cm³/mol. The fraction of sp³-hybridized carbons (Fsp3) is 0.750. The fourth-order valence-electron chi connectivity index (χ4n) is 0.699. The van der Waals surface area contributed by atoms with Crippen LogP contribution in [-0.2, 0) is 9.59 Å². The van der Waals surface area contributed by atoms with Crippen LogP contribution in [0.1, 0.15) is 33.1 Å². The number of Topliss-reactive ketones (excluding diaryl/α,β-unsaturated/α-hetero) is 1. The van der Waals surface area contributed by atoms with Gasteiger partial charge in [-0.05, 0) is 12.3 Å². The molecule has 0 N–H and O–H groups in total. The van der Waals surface area contributed by atoms with Gasteiger partial charge in [0.25, 0.3) is 0 Å². The lowest BCUT2D eigenvalue weighted by Gasteiger charge is -2.03. The molecule has 0 fully saturated rings. The molecule has 0 saturated heterocycles. The van der Waals surface area contributed by atoms with Gasteiger partial charge in [-0.2, -0.15) is 0 Å². The van der Waals surface area contributed by atoms with Crippen molar-refractivity contribution in [2.75, 3.05) is 0 Å². The van der Waals surface area contributed by atoms with Crippen molar-refractivity contribution in [2.24, 2.45) is 5.92 Å². The lowest BCUT2D eigenvalue weighted by molar-refractivity contribution is -0.304. The highest BCUT2D eigenvalue weighted by Crippen LogP contribution is 2.04. The molecule has 0 atom stereocenters. The molecule has 3 nitrogen and oxygen atoms in total. The van der Waals surface area contributed by atoms with Gasteiger partial charge >= 0.3 is 0 Å². The van der Waals surface area contributed by atoms with Crippen molar-refractivity contribution in [1.29, 1.82) is 0 Å². The topological polar surface area (TPSA) is 57.2 Å². The Bertz CT molecular complexity index is 149. The summed E-state index contributed by atoms with van der Waals surface area (Å²) < 4.78 is 0. The first-order chi connectivity index (χ1) is 5.02. The zero-order valence-electron chi connectivity index (χ0n) is 6.92. The van der Waals surface area contributed by atoms with Crippen LogP contribution in [0.4, 0.5) is 0 Å². The molecule has 0 aliphatic heterocycles. The standard InChI is InChI=1S/C8H14O3/c1-6(2)3-4-7(9)5-8(10)11/h6H,3-5H2,1-2H3,(H,10,11)/p-1. The number of hydrogen-bond donors (Lipinski definition) is 0. The highest BCUT2D eigenvalue weighted by atomic mass is 16.4. The molecule has 3 heteroatoms. The van der Waals surface area contributed by atoms with E-state index in [2.05, 4.69) is 0 Å². The van der Waals surface area contributed by atoms with E-state index in [4.69, 9.17) is 0 Å². The monoisotopic (exact) mass is 157 g/mol. The van der Waals surface area contributed by atoms with E-state index in [1.165, 1.54) is 0 Å². The summed E-state index contributed by atoms with van der Waals surface area (Å²) in [7, 11) is 0. The van der Waals surface area contributed by atoms with Crippen LogP contribution in [-0.4, -0.2) is 11.8 Å². The lowest BCUT2D eigenvalue weighted by Crippen LogP contribution is -2.25. The fourth-order valence-corrected chi connectivity index (χ4v) is 0.699. The Kier molecular flexibility index (Phi) is 4.50. The van der Waals surface area contributed by atoms with Gasteiger partial charge in [0.2, 0.25) is 0 Å². The van der Waals surface area contributed by atoms with Gasteiger partial charge in [0.05, 0.1) is 0 Å². The molecule has 0 amide bonds. The van der Waals surface area contributed by atoms with Crippen molar-refractivity contribution < 1.29 is 14.7 Å². The van der Waals surface area contributed by atoms with Gasteiger partial charge in [0.1, 0.15) is 5.78 Å². The first-order valence-corrected chi connectivity index (χ1v) is 3.74. The third-order valence-electron chi connectivity index (χ3n) is 1.34. The van der Waals surface area contributed by atoms with Gasteiger partial charge in [-0.15, -0.1) is 0 Å². The predicted octanol–water partition coefficient (Wildman–Crippen LogP) is 0.132. The molecule has 0 aromatic heterocycles. The van der Waals surface area contributed by atoms with E-state index in [1.54, 1.807) is 0 Å². The Balaban J connectivity index is 3.46. The molecular formula is C8H13O3-. The minimum absolute atomic E-state index is 0.237. The second-order valence-electron chi connectivity index (χ2n) is 3.02. The number of hydrogen-bond acceptors (Lipinski definition) is 3. The molecule has 0 heterocycles. The summed E-state index contributed by atoms with van der Waals surface area (Å²) in [5.74, 6) is -1.07. The molecule has 0 saturated carbocycles. The van der Waals surface area contributed by atoms with Crippen molar-refractivity contribution in [3.8, 4) is 0 Å². The first kappa shape index (κ1) is 10.1. The van der Waals surface area contributed by atoms with E-state index in [1.807, 2.05) is 13.8 Å². The van der Waals surface area contributed by atoms with Crippen molar-refractivity contribution in [3.63, 3.8) is 0 Å².